The number of hydrogen-bond donors (Lipinski definition) is 0. The van der Waals surface area contributed by atoms with E-state index in [9.17, 15) is 0 Å². The van der Waals surface area contributed by atoms with E-state index in [0.29, 0.717) is 0 Å². The lowest BCUT2D eigenvalue weighted by Crippen LogP contribution is -2.25. The fraction of sp³-hybridized carbons (Fsp3) is 0.391. The van der Waals surface area contributed by atoms with Gasteiger partial charge in [0.25, 0.3) is 0 Å². The first-order valence-electron chi connectivity index (χ1n) is 9.76. The zero-order valence-corrected chi connectivity index (χ0v) is 18.0. The normalized spacial score (nSPS) is 17.1. The quantitative estimate of drug-likeness (QED) is 0.529. The molecule has 0 atom stereocenters. The Bertz CT molecular complexity index is 823. The molecule has 1 aliphatic heterocycles. The zero-order valence-electron chi connectivity index (χ0n) is 15.8. The van der Waals surface area contributed by atoms with Gasteiger partial charge in [-0.1, -0.05) is 18.2 Å². The van der Waals surface area contributed by atoms with Crippen LogP contribution in [0.4, 0.5) is 0 Å². The van der Waals surface area contributed by atoms with Gasteiger partial charge in [-0.2, -0.15) is 0 Å². The highest BCUT2D eigenvalue weighted by atomic mass is 127. The van der Waals surface area contributed by atoms with E-state index in [2.05, 4.69) is 70.0 Å². The van der Waals surface area contributed by atoms with Gasteiger partial charge in [0, 0.05) is 6.54 Å². The first kappa shape index (κ1) is 18.8. The van der Waals surface area contributed by atoms with Gasteiger partial charge in [-0.25, -0.2) is 0 Å². The molecule has 0 N–H and O–H groups in total. The number of halogens is 1. The molecule has 4 rings (SSSR count). The van der Waals surface area contributed by atoms with Crippen molar-refractivity contribution >= 4 is 28.2 Å². The number of benzene rings is 2. The highest BCUT2D eigenvalue weighted by Gasteiger charge is 2.19. The number of rotatable bonds is 6. The molecule has 0 amide bonds. The van der Waals surface area contributed by atoms with Crippen molar-refractivity contribution in [1.82, 2.24) is 4.90 Å². The Morgan fingerprint density at radius 2 is 1.70 bits per heavy atom. The highest BCUT2D eigenvalue weighted by molar-refractivity contribution is 14.1. The summed E-state index contributed by atoms with van der Waals surface area (Å²) in [6.07, 6.45) is 4.82. The van der Waals surface area contributed by atoms with Gasteiger partial charge in [0.05, 0.1) is 7.11 Å². The molecule has 1 fully saturated rings. The molecule has 1 aliphatic carbocycles. The Kier molecular flexibility index (Phi) is 6.03. The third kappa shape index (κ3) is 4.32. The summed E-state index contributed by atoms with van der Waals surface area (Å²) in [5.41, 5.74) is 5.31. The van der Waals surface area contributed by atoms with Crippen LogP contribution in [0.3, 0.4) is 0 Å². The summed E-state index contributed by atoms with van der Waals surface area (Å²) < 4.78 is 12.8. The molecule has 0 unspecified atom stereocenters. The Balaban J connectivity index is 1.48. The minimum absolute atomic E-state index is 0.766. The molecule has 27 heavy (non-hydrogen) atoms. The first-order valence-corrected chi connectivity index (χ1v) is 10.8. The van der Waals surface area contributed by atoms with E-state index in [1.54, 1.807) is 7.11 Å². The molecule has 3 nitrogen and oxygen atoms in total. The van der Waals surface area contributed by atoms with E-state index >= 15 is 0 Å². The van der Waals surface area contributed by atoms with E-state index in [0.717, 1.165) is 37.5 Å². The number of methoxy groups -OCH3 is 1. The van der Waals surface area contributed by atoms with Crippen LogP contribution in [0.25, 0.3) is 5.57 Å². The molecule has 1 heterocycles. The maximum absolute atomic E-state index is 5.96. The van der Waals surface area contributed by atoms with Crippen molar-refractivity contribution in [3.63, 3.8) is 0 Å². The second kappa shape index (κ2) is 8.65. The van der Waals surface area contributed by atoms with Gasteiger partial charge in [0.2, 0.25) is 0 Å². The summed E-state index contributed by atoms with van der Waals surface area (Å²) in [7, 11) is 1.73. The molecular weight excluding hydrogens is 449 g/mol. The second-order valence-electron chi connectivity index (χ2n) is 7.22. The number of hydrogen-bond acceptors (Lipinski definition) is 3. The predicted octanol–water partition coefficient (Wildman–Crippen LogP) is 5.31. The van der Waals surface area contributed by atoms with Crippen LogP contribution < -0.4 is 9.47 Å². The van der Waals surface area contributed by atoms with Crippen LogP contribution >= 0.6 is 22.6 Å². The molecule has 2 aliphatic rings. The summed E-state index contributed by atoms with van der Waals surface area (Å²) in [5.74, 6) is 1.89. The van der Waals surface area contributed by atoms with Crippen molar-refractivity contribution in [3.05, 3.63) is 62.7 Å². The van der Waals surface area contributed by atoms with Gasteiger partial charge in [0.1, 0.15) is 18.1 Å². The van der Waals surface area contributed by atoms with Crippen LogP contribution in [0.5, 0.6) is 11.5 Å². The van der Waals surface area contributed by atoms with Gasteiger partial charge in [-0.15, -0.1) is 0 Å². The lowest BCUT2D eigenvalue weighted by atomic mass is 9.87. The number of ether oxygens (including phenoxy) is 2. The minimum atomic E-state index is 0.766. The minimum Gasteiger partial charge on any atom is -0.497 e. The summed E-state index contributed by atoms with van der Waals surface area (Å²) >= 11 is 2.50. The van der Waals surface area contributed by atoms with Gasteiger partial charge < -0.3 is 9.47 Å². The lowest BCUT2D eigenvalue weighted by Gasteiger charge is -2.22. The van der Waals surface area contributed by atoms with E-state index in [-0.39, 0.29) is 0 Å². The van der Waals surface area contributed by atoms with Crippen molar-refractivity contribution in [2.24, 2.45) is 0 Å². The fourth-order valence-electron chi connectivity index (χ4n) is 3.99. The number of fused-ring (bicyclic) bond motifs is 1. The molecule has 0 aromatic heterocycles. The number of allylic oxidation sites excluding steroid dienone is 1. The number of likely N-dealkylation sites (tertiary alicyclic amines) is 1. The summed E-state index contributed by atoms with van der Waals surface area (Å²) in [5, 5.41) is 0. The van der Waals surface area contributed by atoms with Crippen LogP contribution in [-0.4, -0.2) is 38.3 Å². The molecule has 0 spiro atoms. The van der Waals surface area contributed by atoms with E-state index < -0.39 is 0 Å². The molecule has 0 radical (unpaired) electrons. The average Bonchev–Trinajstić information content (AvgIpc) is 3.22. The first-order chi connectivity index (χ1) is 13.2. The van der Waals surface area contributed by atoms with Crippen LogP contribution in [0.1, 0.15) is 36.0 Å². The van der Waals surface area contributed by atoms with Crippen molar-refractivity contribution in [1.29, 1.82) is 0 Å². The Morgan fingerprint density at radius 1 is 0.963 bits per heavy atom. The second-order valence-corrected chi connectivity index (χ2v) is 8.53. The molecule has 2 aromatic rings. The maximum Gasteiger partial charge on any atom is 0.119 e. The van der Waals surface area contributed by atoms with Gasteiger partial charge >= 0.3 is 0 Å². The lowest BCUT2D eigenvalue weighted by molar-refractivity contribution is 0.238. The summed E-state index contributed by atoms with van der Waals surface area (Å²) in [4.78, 5) is 2.48. The highest BCUT2D eigenvalue weighted by Crippen LogP contribution is 2.40. The maximum atomic E-state index is 5.96. The molecule has 1 saturated heterocycles. The zero-order chi connectivity index (χ0) is 18.6. The van der Waals surface area contributed by atoms with Crippen molar-refractivity contribution in [2.45, 2.75) is 25.7 Å². The Morgan fingerprint density at radius 3 is 2.44 bits per heavy atom. The van der Waals surface area contributed by atoms with Crippen molar-refractivity contribution in [2.75, 3.05) is 33.4 Å². The summed E-state index contributed by atoms with van der Waals surface area (Å²) in [6, 6.07) is 15.0. The molecule has 2 aromatic carbocycles. The summed E-state index contributed by atoms with van der Waals surface area (Å²) in [6.45, 7) is 4.24. The largest absolute Gasteiger partial charge is 0.497 e. The van der Waals surface area contributed by atoms with E-state index in [1.807, 2.05) is 0 Å². The fourth-order valence-corrected chi connectivity index (χ4v) is 4.86. The molecule has 4 heteroatoms. The third-order valence-electron chi connectivity index (χ3n) is 5.48. The molecule has 142 valence electrons. The Labute approximate surface area is 175 Å². The smallest absolute Gasteiger partial charge is 0.119 e. The average molecular weight is 475 g/mol. The predicted molar refractivity (Wildman–Crippen MR) is 119 cm³/mol. The van der Waals surface area contributed by atoms with Crippen LogP contribution in [0, 0.1) is 0 Å². The SMILES string of the molecule is COc1ccc2c(c1)CCC(I)=C2c1ccc(OCCN2CCCC2)cc1. The van der Waals surface area contributed by atoms with Crippen LogP contribution in [-0.2, 0) is 6.42 Å². The number of nitrogens with zero attached hydrogens (tertiary/aromatic N) is 1. The van der Waals surface area contributed by atoms with Crippen LogP contribution in [0.15, 0.2) is 46.0 Å². The molecule has 0 bridgehead atoms. The number of aryl methyl sites for hydroxylation is 1. The van der Waals surface area contributed by atoms with E-state index in [4.69, 9.17) is 9.47 Å². The molecule has 0 saturated carbocycles. The molecular formula is C23H26INO2. The van der Waals surface area contributed by atoms with Gasteiger partial charge in [0.15, 0.2) is 0 Å². The monoisotopic (exact) mass is 475 g/mol. The van der Waals surface area contributed by atoms with Gasteiger partial charge in [-0.05, 0) is 111 Å². The third-order valence-corrected chi connectivity index (χ3v) is 6.56. The van der Waals surface area contributed by atoms with Crippen molar-refractivity contribution in [3.8, 4) is 11.5 Å². The van der Waals surface area contributed by atoms with Crippen LogP contribution in [0.2, 0.25) is 0 Å². The van der Waals surface area contributed by atoms with E-state index in [1.165, 1.54) is 51.8 Å². The topological polar surface area (TPSA) is 21.7 Å². The standard InChI is InChI=1S/C23H26INO2/c1-26-20-9-10-21-18(16-20)6-11-22(24)23(21)17-4-7-19(8-5-17)27-15-14-25-12-2-3-13-25/h4-5,7-10,16H,2-3,6,11-15H2,1H3. The van der Waals surface area contributed by atoms with Gasteiger partial charge in [-0.3, -0.25) is 4.90 Å². The Hall–Kier alpha value is -1.53. The van der Waals surface area contributed by atoms with Crippen molar-refractivity contribution < 1.29 is 9.47 Å².